The van der Waals surface area contributed by atoms with Crippen molar-refractivity contribution in [1.29, 1.82) is 0 Å². The lowest BCUT2D eigenvalue weighted by Crippen LogP contribution is -2.60. The first-order valence-electron chi connectivity index (χ1n) is 10.6. The fourth-order valence-corrected chi connectivity index (χ4v) is 5.13. The van der Waals surface area contributed by atoms with Gasteiger partial charge in [0.1, 0.15) is 22.9 Å². The van der Waals surface area contributed by atoms with Gasteiger partial charge in [0.2, 0.25) is 11.7 Å². The maximum Gasteiger partial charge on any atom is 0.263 e. The molecule has 2 aromatic heterocycles. The summed E-state index contributed by atoms with van der Waals surface area (Å²) in [5.74, 6) is 4.38. The Kier molecular flexibility index (Phi) is 6.69. The molecule has 1 aliphatic heterocycles. The number of nitrogens with zero attached hydrogens (tertiary/aromatic N) is 3. The maximum atomic E-state index is 13.9. The largest absolute Gasteiger partial charge is 0.335 e. The minimum Gasteiger partial charge on any atom is -0.335 e. The molecular formula is C24H20BrF2N3O3S. The SMILES string of the molecule is CCCC(=O)C#Cc1sc2ncn(CC(=O)N3CC(C)(F)C3)c(=O)c2c1-c1ccc(F)c(Br)c1. The first-order chi connectivity index (χ1) is 16.1. The van der Waals surface area contributed by atoms with Gasteiger partial charge in [-0.3, -0.25) is 19.0 Å². The normalized spacial score (nSPS) is 14.4. The van der Waals surface area contributed by atoms with Crippen molar-refractivity contribution < 1.29 is 18.4 Å². The maximum absolute atomic E-state index is 13.9. The molecule has 1 saturated heterocycles. The third kappa shape index (κ3) is 4.81. The molecule has 1 aromatic carbocycles. The smallest absolute Gasteiger partial charge is 0.263 e. The lowest BCUT2D eigenvalue weighted by atomic mass is 9.99. The molecule has 0 unspecified atom stereocenters. The Hall–Kier alpha value is -2.90. The van der Waals surface area contributed by atoms with E-state index in [1.807, 2.05) is 6.92 Å². The number of fused-ring (bicyclic) bond motifs is 1. The van der Waals surface area contributed by atoms with Crippen molar-refractivity contribution in [1.82, 2.24) is 14.5 Å². The predicted molar refractivity (Wildman–Crippen MR) is 130 cm³/mol. The van der Waals surface area contributed by atoms with E-state index in [-0.39, 0.29) is 41.2 Å². The Morgan fingerprint density at radius 3 is 2.71 bits per heavy atom. The van der Waals surface area contributed by atoms with Crippen LogP contribution in [0.4, 0.5) is 8.78 Å². The zero-order valence-electron chi connectivity index (χ0n) is 18.5. The monoisotopic (exact) mass is 547 g/mol. The molecule has 3 heterocycles. The molecular weight excluding hydrogens is 528 g/mol. The molecule has 0 atom stereocenters. The second-order valence-corrected chi connectivity index (χ2v) is 10.2. The molecule has 0 bridgehead atoms. The van der Waals surface area contributed by atoms with E-state index >= 15 is 0 Å². The number of ketones is 1. The Labute approximate surface area is 206 Å². The highest BCUT2D eigenvalue weighted by molar-refractivity contribution is 9.10. The van der Waals surface area contributed by atoms with E-state index in [9.17, 15) is 23.2 Å². The second-order valence-electron chi connectivity index (χ2n) is 8.38. The molecule has 0 aliphatic carbocycles. The lowest BCUT2D eigenvalue weighted by molar-refractivity contribution is -0.144. The van der Waals surface area contributed by atoms with Gasteiger partial charge in [-0.2, -0.15) is 0 Å². The topological polar surface area (TPSA) is 72.3 Å². The summed E-state index contributed by atoms with van der Waals surface area (Å²) in [6.07, 6.45) is 2.25. The number of amides is 1. The number of Topliss-reactive ketones (excluding diaryl/α,β-unsaturated/α-hetero) is 1. The first kappa shape index (κ1) is 24.2. The lowest BCUT2D eigenvalue weighted by Gasteiger charge is -2.42. The van der Waals surface area contributed by atoms with E-state index < -0.39 is 17.0 Å². The van der Waals surface area contributed by atoms with Gasteiger partial charge in [-0.05, 0) is 58.8 Å². The number of carbonyl (C=O) groups is 2. The van der Waals surface area contributed by atoms with Crippen molar-refractivity contribution in [2.24, 2.45) is 0 Å². The number of hydrogen-bond donors (Lipinski definition) is 0. The Morgan fingerprint density at radius 2 is 2.06 bits per heavy atom. The summed E-state index contributed by atoms with van der Waals surface area (Å²) in [7, 11) is 0. The highest BCUT2D eigenvalue weighted by atomic mass is 79.9. The number of hydrogen-bond acceptors (Lipinski definition) is 5. The van der Waals surface area contributed by atoms with Crippen LogP contribution in [0.5, 0.6) is 0 Å². The Bertz CT molecular complexity index is 1430. The molecule has 1 fully saturated rings. The number of aromatic nitrogens is 2. The van der Waals surface area contributed by atoms with E-state index in [0.717, 1.165) is 11.3 Å². The molecule has 176 valence electrons. The highest BCUT2D eigenvalue weighted by Gasteiger charge is 2.41. The van der Waals surface area contributed by atoms with E-state index in [1.165, 1.54) is 40.9 Å². The molecule has 4 rings (SSSR count). The molecule has 1 aliphatic rings. The third-order valence-corrected chi connectivity index (χ3v) is 7.00. The fraction of sp³-hybridized carbons (Fsp3) is 0.333. The number of benzene rings is 1. The minimum atomic E-state index is -1.41. The van der Waals surface area contributed by atoms with Crippen LogP contribution in [-0.2, 0) is 16.1 Å². The minimum absolute atomic E-state index is 0.0188. The van der Waals surface area contributed by atoms with Gasteiger partial charge in [0.15, 0.2) is 0 Å². The van der Waals surface area contributed by atoms with Crippen LogP contribution < -0.4 is 5.56 Å². The number of carbonyl (C=O) groups excluding carboxylic acids is 2. The van der Waals surface area contributed by atoms with E-state index in [4.69, 9.17) is 0 Å². The van der Waals surface area contributed by atoms with Gasteiger partial charge in [-0.1, -0.05) is 13.0 Å². The average Bonchev–Trinajstić information content (AvgIpc) is 3.14. The summed E-state index contributed by atoms with van der Waals surface area (Å²) in [5, 5.41) is 0.227. The van der Waals surface area contributed by atoms with Gasteiger partial charge in [0, 0.05) is 12.0 Å². The molecule has 3 aromatic rings. The summed E-state index contributed by atoms with van der Waals surface area (Å²) in [5.41, 5.74) is -0.938. The van der Waals surface area contributed by atoms with Crippen molar-refractivity contribution in [3.8, 4) is 23.0 Å². The van der Waals surface area contributed by atoms with Crippen molar-refractivity contribution in [3.05, 3.63) is 50.0 Å². The summed E-state index contributed by atoms with van der Waals surface area (Å²) in [4.78, 5) is 44.4. The van der Waals surface area contributed by atoms with Crippen LogP contribution in [-0.4, -0.2) is 44.9 Å². The van der Waals surface area contributed by atoms with Gasteiger partial charge in [0.25, 0.3) is 5.56 Å². The van der Waals surface area contributed by atoms with Gasteiger partial charge >= 0.3 is 0 Å². The zero-order chi connectivity index (χ0) is 24.6. The Morgan fingerprint density at radius 1 is 1.32 bits per heavy atom. The zero-order valence-corrected chi connectivity index (χ0v) is 20.9. The quantitative estimate of drug-likeness (QED) is 0.446. The molecule has 10 heteroatoms. The third-order valence-electron chi connectivity index (χ3n) is 5.38. The number of likely N-dealkylation sites (tertiary alicyclic amines) is 1. The van der Waals surface area contributed by atoms with Gasteiger partial charge < -0.3 is 4.90 Å². The second kappa shape index (κ2) is 9.39. The van der Waals surface area contributed by atoms with E-state index in [2.05, 4.69) is 32.8 Å². The molecule has 0 N–H and O–H groups in total. The van der Waals surface area contributed by atoms with E-state index in [1.54, 1.807) is 0 Å². The molecule has 0 radical (unpaired) electrons. The number of alkyl halides is 1. The first-order valence-corrected chi connectivity index (χ1v) is 12.2. The van der Waals surface area contributed by atoms with Crippen molar-refractivity contribution in [3.63, 3.8) is 0 Å². The van der Waals surface area contributed by atoms with Gasteiger partial charge in [0.05, 0.1) is 34.2 Å². The van der Waals surface area contributed by atoms with Crippen LogP contribution in [0.15, 0.2) is 33.8 Å². The Balaban J connectivity index is 1.82. The van der Waals surface area contributed by atoms with Crippen LogP contribution in [0.3, 0.4) is 0 Å². The average molecular weight is 548 g/mol. The number of halogens is 3. The van der Waals surface area contributed by atoms with Crippen LogP contribution in [0.25, 0.3) is 21.3 Å². The predicted octanol–water partition coefficient (Wildman–Crippen LogP) is 4.32. The van der Waals surface area contributed by atoms with Gasteiger partial charge in [-0.25, -0.2) is 13.8 Å². The van der Waals surface area contributed by atoms with Crippen LogP contribution in [0.2, 0.25) is 0 Å². The molecule has 0 spiro atoms. The standard InChI is InChI=1S/C24H20BrF2N3O3S/c1-3-4-15(31)6-8-18-20(14-5-7-17(26)16(25)9-14)21-22(34-18)28-13-29(23(21)33)10-19(32)30-11-24(2,27)12-30/h5,7,9,13H,3-4,10-12H2,1-2H3. The van der Waals surface area contributed by atoms with Crippen LogP contribution in [0.1, 0.15) is 31.6 Å². The molecule has 34 heavy (non-hydrogen) atoms. The molecule has 0 saturated carbocycles. The summed E-state index contributed by atoms with van der Waals surface area (Å²) in [6, 6.07) is 4.31. The van der Waals surface area contributed by atoms with Crippen molar-refractivity contribution in [2.45, 2.75) is 38.9 Å². The van der Waals surface area contributed by atoms with Crippen LogP contribution in [0, 0.1) is 17.7 Å². The number of thiophene rings is 1. The highest BCUT2D eigenvalue weighted by Crippen LogP contribution is 2.37. The van der Waals surface area contributed by atoms with Gasteiger partial charge in [-0.15, -0.1) is 11.3 Å². The van der Waals surface area contributed by atoms with Crippen molar-refractivity contribution >= 4 is 49.2 Å². The molecule has 1 amide bonds. The molecule has 6 nitrogen and oxygen atoms in total. The van der Waals surface area contributed by atoms with Crippen molar-refractivity contribution in [2.75, 3.05) is 13.1 Å². The summed E-state index contributed by atoms with van der Waals surface area (Å²) < 4.78 is 29.0. The van der Waals surface area contributed by atoms with E-state index in [0.29, 0.717) is 33.7 Å². The summed E-state index contributed by atoms with van der Waals surface area (Å²) >= 11 is 4.31. The fourth-order valence-electron chi connectivity index (χ4n) is 3.74. The number of rotatable bonds is 5. The summed E-state index contributed by atoms with van der Waals surface area (Å²) in [6.45, 7) is 2.98. The van der Waals surface area contributed by atoms with Crippen LogP contribution >= 0.6 is 27.3 Å².